The second-order valence-electron chi connectivity index (χ2n) is 10.9. The number of carbonyl (C=O) groups excluding carboxylic acids is 1. The van der Waals surface area contributed by atoms with Crippen molar-refractivity contribution in [2.45, 2.75) is 90.3 Å². The van der Waals surface area contributed by atoms with Gasteiger partial charge in [0.2, 0.25) is 0 Å². The molecule has 5 nitrogen and oxygen atoms in total. The zero-order valence-electron chi connectivity index (χ0n) is 22.6. The van der Waals surface area contributed by atoms with E-state index in [1.807, 2.05) is 24.3 Å². The highest BCUT2D eigenvalue weighted by Crippen LogP contribution is 2.60. The van der Waals surface area contributed by atoms with Gasteiger partial charge in [0.05, 0.1) is 17.8 Å². The van der Waals surface area contributed by atoms with Gasteiger partial charge in [0.25, 0.3) is 0 Å². The number of methoxy groups -OCH3 is 1. The summed E-state index contributed by atoms with van der Waals surface area (Å²) >= 11 is 0. The average Bonchev–Trinajstić information content (AvgIpc) is 2.89. The van der Waals surface area contributed by atoms with Crippen molar-refractivity contribution in [2.75, 3.05) is 13.7 Å². The molecule has 0 saturated heterocycles. The second-order valence-corrected chi connectivity index (χ2v) is 15.6. The lowest BCUT2D eigenvalue weighted by Crippen LogP contribution is -2.70. The van der Waals surface area contributed by atoms with Gasteiger partial charge in [0, 0.05) is 13.0 Å². The molecule has 0 radical (unpaired) electrons. The number of aliphatic hydroxyl groups is 1. The van der Waals surface area contributed by atoms with Crippen molar-refractivity contribution in [3.8, 4) is 0 Å². The fraction of sp³-hybridized carbons (Fsp3) is 0.621. The summed E-state index contributed by atoms with van der Waals surface area (Å²) in [7, 11) is -0.303. The van der Waals surface area contributed by atoms with Crippen molar-refractivity contribution in [3.05, 3.63) is 59.2 Å². The standard InChI is InChI=1S/C29H44O5Si/c1-8-35(9-2,10-3)34-26-17-21(4)16-24(32-7)18-23(25-19-28(5,6)29(25,26)31)20-33-27(30)22-14-12-11-13-15-22/h11-16,18,24-26,31H,8-10,17,19-20H2,1-7H3/b21-16+,23-18-/t24-,25-,26+,29-/m1/s1. The number of hydrogen-bond acceptors (Lipinski definition) is 5. The summed E-state index contributed by atoms with van der Waals surface area (Å²) in [5.74, 6) is -0.531. The van der Waals surface area contributed by atoms with E-state index in [1.165, 1.54) is 0 Å². The Balaban J connectivity index is 1.99. The summed E-state index contributed by atoms with van der Waals surface area (Å²) in [6, 6.07) is 12.1. The van der Waals surface area contributed by atoms with Gasteiger partial charge in [-0.05, 0) is 67.1 Å². The SMILES string of the molecule is CC[Si](CC)(CC)O[C@H]1C/C(C)=C/[C@@H](OC)/C=C(/COC(=O)c2ccccc2)[C@H]2CC(C)(C)[C@]12O. The molecular weight excluding hydrogens is 456 g/mol. The van der Waals surface area contributed by atoms with E-state index in [1.54, 1.807) is 19.2 Å². The summed E-state index contributed by atoms with van der Waals surface area (Å²) in [5.41, 5.74) is 1.17. The van der Waals surface area contributed by atoms with Crippen molar-refractivity contribution < 1.29 is 23.8 Å². The number of hydrogen-bond donors (Lipinski definition) is 1. The molecule has 0 aliphatic heterocycles. The monoisotopic (exact) mass is 500 g/mol. The van der Waals surface area contributed by atoms with E-state index >= 15 is 0 Å². The molecule has 1 N–H and O–H groups in total. The van der Waals surface area contributed by atoms with Crippen LogP contribution in [0.2, 0.25) is 18.1 Å². The molecule has 3 rings (SSSR count). The van der Waals surface area contributed by atoms with Gasteiger partial charge in [-0.3, -0.25) is 0 Å². The highest BCUT2D eigenvalue weighted by atomic mass is 28.4. The third-order valence-corrected chi connectivity index (χ3v) is 13.2. The summed E-state index contributed by atoms with van der Waals surface area (Å²) in [6.07, 6.45) is 5.02. The minimum absolute atomic E-state index is 0.119. The first-order valence-electron chi connectivity index (χ1n) is 13.1. The molecule has 0 unspecified atom stereocenters. The second kappa shape index (κ2) is 11.1. The molecule has 0 heterocycles. The van der Waals surface area contributed by atoms with Crippen molar-refractivity contribution in [1.29, 1.82) is 0 Å². The molecule has 0 amide bonds. The molecule has 194 valence electrons. The highest BCUT2D eigenvalue weighted by molar-refractivity contribution is 6.73. The Kier molecular flexibility index (Phi) is 8.85. The maximum Gasteiger partial charge on any atom is 0.338 e. The molecule has 0 spiro atoms. The van der Waals surface area contributed by atoms with Crippen molar-refractivity contribution in [3.63, 3.8) is 0 Å². The number of ether oxygens (including phenoxy) is 2. The Bertz CT molecular complexity index is 925. The third kappa shape index (κ3) is 5.51. The van der Waals surface area contributed by atoms with Gasteiger partial charge >= 0.3 is 5.97 Å². The summed E-state index contributed by atoms with van der Waals surface area (Å²) in [4.78, 5) is 12.7. The normalized spacial score (nSPS) is 31.4. The van der Waals surface area contributed by atoms with Crippen LogP contribution in [0.3, 0.4) is 0 Å². The lowest BCUT2D eigenvalue weighted by molar-refractivity contribution is -0.238. The van der Waals surface area contributed by atoms with Crippen molar-refractivity contribution >= 4 is 14.3 Å². The fourth-order valence-corrected chi connectivity index (χ4v) is 8.81. The summed E-state index contributed by atoms with van der Waals surface area (Å²) in [6.45, 7) is 13.1. The first-order valence-corrected chi connectivity index (χ1v) is 15.6. The number of esters is 1. The fourth-order valence-electron chi connectivity index (χ4n) is 5.94. The van der Waals surface area contributed by atoms with Gasteiger partial charge in [-0.25, -0.2) is 4.79 Å². The molecule has 4 atom stereocenters. The molecule has 2 aliphatic rings. The van der Waals surface area contributed by atoms with E-state index in [0.29, 0.717) is 12.0 Å². The lowest BCUT2D eigenvalue weighted by atomic mass is 9.48. The molecule has 1 aromatic carbocycles. The number of fused-ring (bicyclic) bond motifs is 1. The Morgan fingerprint density at radius 2 is 1.71 bits per heavy atom. The Morgan fingerprint density at radius 1 is 1.09 bits per heavy atom. The van der Waals surface area contributed by atoms with Crippen LogP contribution in [0.15, 0.2) is 53.6 Å². The average molecular weight is 501 g/mol. The van der Waals surface area contributed by atoms with Crippen LogP contribution in [0, 0.1) is 11.3 Å². The van der Waals surface area contributed by atoms with E-state index < -0.39 is 13.9 Å². The Morgan fingerprint density at radius 3 is 2.26 bits per heavy atom. The zero-order valence-corrected chi connectivity index (χ0v) is 23.6. The van der Waals surface area contributed by atoms with Crippen LogP contribution >= 0.6 is 0 Å². The van der Waals surface area contributed by atoms with Gasteiger partial charge in [-0.2, -0.15) is 0 Å². The molecule has 1 saturated carbocycles. The van der Waals surface area contributed by atoms with Crippen molar-refractivity contribution in [1.82, 2.24) is 0 Å². The van der Waals surface area contributed by atoms with Gasteiger partial charge < -0.3 is 19.0 Å². The first kappa shape index (κ1) is 27.8. The molecule has 35 heavy (non-hydrogen) atoms. The molecule has 6 heteroatoms. The zero-order chi connectivity index (χ0) is 25.9. The molecule has 0 bridgehead atoms. The van der Waals surface area contributed by atoms with Crippen molar-refractivity contribution in [2.24, 2.45) is 11.3 Å². The van der Waals surface area contributed by atoms with Crippen LogP contribution in [0.1, 0.15) is 64.7 Å². The van der Waals surface area contributed by atoms with E-state index in [0.717, 1.165) is 35.7 Å². The van der Waals surface area contributed by atoms with E-state index in [9.17, 15) is 9.90 Å². The minimum Gasteiger partial charge on any atom is -0.458 e. The topological polar surface area (TPSA) is 65.0 Å². The maximum absolute atomic E-state index is 12.7. The summed E-state index contributed by atoms with van der Waals surface area (Å²) < 4.78 is 18.6. The maximum atomic E-state index is 12.7. The Hall–Kier alpha value is -1.73. The minimum atomic E-state index is -1.99. The molecular formula is C29H44O5Si. The highest BCUT2D eigenvalue weighted by Gasteiger charge is 2.65. The van der Waals surface area contributed by atoms with Crippen LogP contribution in [0.4, 0.5) is 0 Å². The molecule has 1 fully saturated rings. The quantitative estimate of drug-likeness (QED) is 0.245. The van der Waals surface area contributed by atoms with Crippen LogP contribution in [0.5, 0.6) is 0 Å². The number of carbonyl (C=O) groups is 1. The Labute approximate surface area is 212 Å². The molecule has 1 aromatic rings. The van der Waals surface area contributed by atoms with Gasteiger partial charge in [0.15, 0.2) is 8.32 Å². The van der Waals surface area contributed by atoms with Crippen LogP contribution in [-0.4, -0.2) is 50.9 Å². The largest absolute Gasteiger partial charge is 0.458 e. The summed E-state index contributed by atoms with van der Waals surface area (Å²) in [5, 5.41) is 12.5. The van der Waals surface area contributed by atoms with Crippen LogP contribution < -0.4 is 0 Å². The van der Waals surface area contributed by atoms with Gasteiger partial charge in [-0.15, -0.1) is 0 Å². The van der Waals surface area contributed by atoms with E-state index in [-0.39, 0.29) is 36.1 Å². The molecule has 0 aromatic heterocycles. The molecule has 2 aliphatic carbocycles. The first-order chi connectivity index (χ1) is 16.6. The number of rotatable bonds is 9. The lowest BCUT2D eigenvalue weighted by Gasteiger charge is -2.63. The van der Waals surface area contributed by atoms with Gasteiger partial charge in [-0.1, -0.05) is 64.5 Å². The van der Waals surface area contributed by atoms with Gasteiger partial charge in [0.1, 0.15) is 12.2 Å². The smallest absolute Gasteiger partial charge is 0.338 e. The predicted molar refractivity (Wildman–Crippen MR) is 143 cm³/mol. The van der Waals surface area contributed by atoms with Crippen LogP contribution in [0.25, 0.3) is 0 Å². The number of benzene rings is 1. The predicted octanol–water partition coefficient (Wildman–Crippen LogP) is 6.30. The third-order valence-electron chi connectivity index (χ3n) is 8.58. The van der Waals surface area contributed by atoms with Crippen LogP contribution in [-0.2, 0) is 13.9 Å². The van der Waals surface area contributed by atoms with E-state index in [4.69, 9.17) is 13.9 Å². The van der Waals surface area contributed by atoms with E-state index in [2.05, 4.69) is 47.6 Å².